The molecule has 0 bridgehead atoms. The van der Waals surface area contributed by atoms with Gasteiger partial charge in [0.2, 0.25) is 0 Å². The van der Waals surface area contributed by atoms with Gasteiger partial charge in [0.1, 0.15) is 5.82 Å². The molecule has 108 valence electrons. The van der Waals surface area contributed by atoms with E-state index in [1.807, 2.05) is 0 Å². The molecule has 1 heterocycles. The van der Waals surface area contributed by atoms with E-state index >= 15 is 0 Å². The number of halogens is 4. The molecule has 1 atom stereocenters. The van der Waals surface area contributed by atoms with E-state index in [1.54, 1.807) is 6.92 Å². The highest BCUT2D eigenvalue weighted by atomic mass is 32.1. The van der Waals surface area contributed by atoms with Crippen molar-refractivity contribution in [2.45, 2.75) is 19.1 Å². The van der Waals surface area contributed by atoms with Crippen molar-refractivity contribution < 1.29 is 17.6 Å². The number of alkyl halides is 3. The number of hydrogen-bond donors (Lipinski definition) is 2. The van der Waals surface area contributed by atoms with Crippen molar-refractivity contribution in [3.8, 4) is 0 Å². The van der Waals surface area contributed by atoms with Crippen molar-refractivity contribution in [1.82, 2.24) is 5.43 Å². The summed E-state index contributed by atoms with van der Waals surface area (Å²) in [4.78, 5) is 0. The van der Waals surface area contributed by atoms with Crippen LogP contribution in [0.1, 0.15) is 28.3 Å². The van der Waals surface area contributed by atoms with Crippen LogP contribution in [0.4, 0.5) is 17.6 Å². The van der Waals surface area contributed by atoms with Gasteiger partial charge >= 0.3 is 6.18 Å². The Morgan fingerprint density at radius 1 is 1.25 bits per heavy atom. The normalized spacial score (nSPS) is 13.5. The maximum atomic E-state index is 13.2. The first-order valence-corrected chi connectivity index (χ1v) is 6.64. The van der Waals surface area contributed by atoms with Gasteiger partial charge in [-0.1, -0.05) is 12.1 Å². The molecule has 1 unspecified atom stereocenters. The summed E-state index contributed by atoms with van der Waals surface area (Å²) in [6, 6.07) is 3.29. The number of hydrogen-bond acceptors (Lipinski definition) is 3. The molecule has 0 aliphatic rings. The Morgan fingerprint density at radius 3 is 2.50 bits per heavy atom. The molecule has 2 aromatic rings. The molecule has 1 aromatic carbocycles. The number of aryl methyl sites for hydroxylation is 1. The largest absolute Gasteiger partial charge is 0.417 e. The summed E-state index contributed by atoms with van der Waals surface area (Å²) in [5.41, 5.74) is 2.51. The Bertz CT molecular complexity index is 607. The second kappa shape index (κ2) is 5.51. The fourth-order valence-electron chi connectivity index (χ4n) is 1.97. The molecule has 20 heavy (non-hydrogen) atoms. The van der Waals surface area contributed by atoms with Crippen LogP contribution < -0.4 is 11.3 Å². The van der Waals surface area contributed by atoms with Gasteiger partial charge in [-0.2, -0.15) is 24.5 Å². The molecule has 0 fully saturated rings. The number of hydrazine groups is 1. The Labute approximate surface area is 117 Å². The SMILES string of the molecule is Cc1cc(C(NN)c2cscc2C(F)(F)F)ccc1F. The van der Waals surface area contributed by atoms with Crippen LogP contribution in [0, 0.1) is 12.7 Å². The van der Waals surface area contributed by atoms with Crippen LogP contribution in [0.15, 0.2) is 29.0 Å². The van der Waals surface area contributed by atoms with Gasteiger partial charge in [0.05, 0.1) is 11.6 Å². The zero-order valence-electron chi connectivity index (χ0n) is 10.5. The monoisotopic (exact) mass is 304 g/mol. The predicted molar refractivity (Wildman–Crippen MR) is 69.6 cm³/mol. The maximum absolute atomic E-state index is 13.2. The molecule has 7 heteroatoms. The minimum absolute atomic E-state index is 0.0380. The van der Waals surface area contributed by atoms with Gasteiger partial charge in [0.25, 0.3) is 0 Å². The molecule has 2 rings (SSSR count). The lowest BCUT2D eigenvalue weighted by Crippen LogP contribution is -2.30. The minimum Gasteiger partial charge on any atom is -0.271 e. The van der Waals surface area contributed by atoms with E-state index in [0.717, 1.165) is 16.7 Å². The van der Waals surface area contributed by atoms with Gasteiger partial charge in [-0.3, -0.25) is 5.84 Å². The van der Waals surface area contributed by atoms with Crippen molar-refractivity contribution in [3.05, 3.63) is 57.0 Å². The van der Waals surface area contributed by atoms with E-state index in [2.05, 4.69) is 5.43 Å². The fourth-order valence-corrected chi connectivity index (χ4v) is 2.86. The summed E-state index contributed by atoms with van der Waals surface area (Å²) >= 11 is 0.949. The molecule has 0 aliphatic carbocycles. The molecule has 0 saturated carbocycles. The Balaban J connectivity index is 2.48. The summed E-state index contributed by atoms with van der Waals surface area (Å²) in [6.45, 7) is 1.55. The average Bonchev–Trinajstić information content (AvgIpc) is 2.83. The first-order chi connectivity index (χ1) is 9.34. The van der Waals surface area contributed by atoms with Crippen LogP contribution in [-0.4, -0.2) is 0 Å². The molecular formula is C13H12F4N2S. The smallest absolute Gasteiger partial charge is 0.271 e. The number of nitrogens with one attached hydrogen (secondary N) is 1. The standard InChI is InChI=1S/C13H12F4N2S/c1-7-4-8(2-3-11(7)14)12(19-18)9-5-20-6-10(9)13(15,16)17/h2-6,12,19H,18H2,1H3. The number of thiophene rings is 1. The van der Waals surface area contributed by atoms with Crippen molar-refractivity contribution >= 4 is 11.3 Å². The number of nitrogens with two attached hydrogens (primary N) is 1. The van der Waals surface area contributed by atoms with Crippen molar-refractivity contribution in [2.24, 2.45) is 5.84 Å². The Morgan fingerprint density at radius 2 is 1.95 bits per heavy atom. The van der Waals surface area contributed by atoms with Crippen molar-refractivity contribution in [2.75, 3.05) is 0 Å². The average molecular weight is 304 g/mol. The van der Waals surface area contributed by atoms with Crippen LogP contribution in [0.2, 0.25) is 0 Å². The van der Waals surface area contributed by atoms with Crippen LogP contribution >= 0.6 is 11.3 Å². The van der Waals surface area contributed by atoms with Crippen molar-refractivity contribution in [3.63, 3.8) is 0 Å². The third kappa shape index (κ3) is 2.84. The minimum atomic E-state index is -4.44. The third-order valence-corrected chi connectivity index (χ3v) is 3.75. The highest BCUT2D eigenvalue weighted by Gasteiger charge is 2.36. The van der Waals surface area contributed by atoms with Gasteiger partial charge in [0.15, 0.2) is 0 Å². The van der Waals surface area contributed by atoms with E-state index in [0.29, 0.717) is 11.1 Å². The fraction of sp³-hybridized carbons (Fsp3) is 0.231. The molecule has 1 aromatic heterocycles. The van der Waals surface area contributed by atoms with E-state index < -0.39 is 23.6 Å². The topological polar surface area (TPSA) is 38.0 Å². The van der Waals surface area contributed by atoms with Gasteiger partial charge < -0.3 is 0 Å². The van der Waals surface area contributed by atoms with Crippen molar-refractivity contribution in [1.29, 1.82) is 0 Å². The van der Waals surface area contributed by atoms with Gasteiger partial charge in [-0.15, -0.1) is 0 Å². The first-order valence-electron chi connectivity index (χ1n) is 5.70. The van der Waals surface area contributed by atoms with Crippen LogP contribution in [0.25, 0.3) is 0 Å². The highest BCUT2D eigenvalue weighted by molar-refractivity contribution is 7.08. The van der Waals surface area contributed by atoms with E-state index in [1.165, 1.54) is 23.6 Å². The molecular weight excluding hydrogens is 292 g/mol. The molecule has 2 nitrogen and oxygen atoms in total. The second-order valence-corrected chi connectivity index (χ2v) is 5.09. The zero-order chi connectivity index (χ0) is 14.9. The van der Waals surface area contributed by atoms with E-state index in [-0.39, 0.29) is 5.56 Å². The quantitative estimate of drug-likeness (QED) is 0.515. The summed E-state index contributed by atoms with van der Waals surface area (Å²) in [6.07, 6.45) is -4.44. The third-order valence-electron chi connectivity index (χ3n) is 2.99. The first kappa shape index (κ1) is 15.0. The lowest BCUT2D eigenvalue weighted by molar-refractivity contribution is -0.138. The summed E-state index contributed by atoms with van der Waals surface area (Å²) in [5, 5.41) is 2.43. The number of benzene rings is 1. The maximum Gasteiger partial charge on any atom is 0.417 e. The van der Waals surface area contributed by atoms with E-state index in [4.69, 9.17) is 5.84 Å². The highest BCUT2D eigenvalue weighted by Crippen LogP contribution is 2.38. The van der Waals surface area contributed by atoms with Gasteiger partial charge in [0, 0.05) is 5.38 Å². The van der Waals surface area contributed by atoms with Crippen LogP contribution in [-0.2, 0) is 6.18 Å². The van der Waals surface area contributed by atoms with E-state index in [9.17, 15) is 17.6 Å². The zero-order valence-corrected chi connectivity index (χ0v) is 11.3. The summed E-state index contributed by atoms with van der Waals surface area (Å²) in [5.74, 6) is 4.98. The predicted octanol–water partition coefficient (Wildman–Crippen LogP) is 3.77. The van der Waals surface area contributed by atoms with Crippen LogP contribution in [0.5, 0.6) is 0 Å². The molecule has 3 N–H and O–H groups in total. The molecule has 0 radical (unpaired) electrons. The Kier molecular flexibility index (Phi) is 4.12. The second-order valence-electron chi connectivity index (χ2n) is 4.35. The molecule has 0 spiro atoms. The lowest BCUT2D eigenvalue weighted by Gasteiger charge is -2.19. The van der Waals surface area contributed by atoms with Gasteiger partial charge in [-0.25, -0.2) is 9.82 Å². The van der Waals surface area contributed by atoms with Gasteiger partial charge in [-0.05, 0) is 35.1 Å². The number of rotatable bonds is 3. The summed E-state index contributed by atoms with van der Waals surface area (Å²) in [7, 11) is 0. The van der Waals surface area contributed by atoms with Crippen LogP contribution in [0.3, 0.4) is 0 Å². The summed E-state index contributed by atoms with van der Waals surface area (Å²) < 4.78 is 52.0. The molecule has 0 amide bonds. The Hall–Kier alpha value is -1.44. The lowest BCUT2D eigenvalue weighted by atomic mass is 9.97. The molecule has 0 saturated heterocycles. The molecule has 0 aliphatic heterocycles.